The fourth-order valence-corrected chi connectivity index (χ4v) is 1.06. The van der Waals surface area contributed by atoms with Gasteiger partial charge < -0.3 is 15.4 Å². The Morgan fingerprint density at radius 2 is 1.93 bits per heavy atom. The smallest absolute Gasteiger partial charge is 0.160 e. The second kappa shape index (κ2) is 10.3. The molecular formula is C10H20N2O2. The molecule has 0 spiro atoms. The molecule has 0 aromatic heterocycles. The molecule has 2 N–H and O–H groups in total. The number of aldehydes is 1. The highest BCUT2D eigenvalue weighted by Gasteiger charge is 1.99. The average Bonchev–Trinajstić information content (AvgIpc) is 2.18. The van der Waals surface area contributed by atoms with Crippen LogP contribution in [0.2, 0.25) is 0 Å². The molecular weight excluding hydrogens is 180 g/mol. The monoisotopic (exact) mass is 200 g/mol. The van der Waals surface area contributed by atoms with Crippen LogP contribution < -0.4 is 10.6 Å². The molecule has 0 saturated heterocycles. The molecule has 0 aliphatic heterocycles. The van der Waals surface area contributed by atoms with Crippen LogP contribution in [-0.4, -0.2) is 38.2 Å². The van der Waals surface area contributed by atoms with Gasteiger partial charge in [0.25, 0.3) is 0 Å². The van der Waals surface area contributed by atoms with Gasteiger partial charge in [-0.1, -0.05) is 19.8 Å². The van der Waals surface area contributed by atoms with E-state index in [-0.39, 0.29) is 18.9 Å². The van der Waals surface area contributed by atoms with Gasteiger partial charge in [-0.05, 0) is 13.0 Å². The number of carbonyl (C=O) groups is 2. The van der Waals surface area contributed by atoms with Crippen molar-refractivity contribution in [1.29, 1.82) is 0 Å². The molecule has 0 atom stereocenters. The number of Topliss-reactive ketones (excluding diaryl/α,β-unsaturated/α-hetero) is 1. The number of hydrogen-bond donors (Lipinski definition) is 2. The Labute approximate surface area is 85.4 Å². The fraction of sp³-hybridized carbons (Fsp3) is 0.800. The van der Waals surface area contributed by atoms with Crippen LogP contribution in [0, 0.1) is 0 Å². The zero-order chi connectivity index (χ0) is 10.6. The zero-order valence-electron chi connectivity index (χ0n) is 8.84. The Balaban J connectivity index is 3.14. The standard InChI is InChI=1S/C10H20N2O2/c1-2-3-4-5-11-8-10(14)9-12-6-7-13/h7,11-12H,2-6,8-9H2,1H3. The minimum Gasteiger partial charge on any atom is -0.310 e. The lowest BCUT2D eigenvalue weighted by Crippen LogP contribution is -2.32. The third-order valence-electron chi connectivity index (χ3n) is 1.83. The molecule has 0 fully saturated rings. The van der Waals surface area contributed by atoms with Gasteiger partial charge in [-0.15, -0.1) is 0 Å². The van der Waals surface area contributed by atoms with Gasteiger partial charge >= 0.3 is 0 Å². The number of unbranched alkanes of at least 4 members (excludes halogenated alkanes) is 2. The number of rotatable bonds is 10. The van der Waals surface area contributed by atoms with Crippen molar-refractivity contribution in [1.82, 2.24) is 10.6 Å². The van der Waals surface area contributed by atoms with E-state index >= 15 is 0 Å². The van der Waals surface area contributed by atoms with E-state index in [0.29, 0.717) is 6.54 Å². The molecule has 4 nitrogen and oxygen atoms in total. The van der Waals surface area contributed by atoms with Crippen LogP contribution >= 0.6 is 0 Å². The second-order valence-corrected chi connectivity index (χ2v) is 3.22. The normalized spacial score (nSPS) is 10.1. The Morgan fingerprint density at radius 3 is 2.57 bits per heavy atom. The van der Waals surface area contributed by atoms with Crippen molar-refractivity contribution < 1.29 is 9.59 Å². The molecule has 0 saturated carbocycles. The van der Waals surface area contributed by atoms with Crippen molar-refractivity contribution in [3.63, 3.8) is 0 Å². The van der Waals surface area contributed by atoms with Gasteiger partial charge in [0.15, 0.2) is 5.78 Å². The molecule has 0 aromatic carbocycles. The first-order valence-corrected chi connectivity index (χ1v) is 5.18. The second-order valence-electron chi connectivity index (χ2n) is 3.22. The molecule has 0 amide bonds. The van der Waals surface area contributed by atoms with Gasteiger partial charge in [0, 0.05) is 0 Å². The lowest BCUT2D eigenvalue weighted by atomic mass is 10.2. The first-order chi connectivity index (χ1) is 6.81. The highest BCUT2D eigenvalue weighted by molar-refractivity contribution is 5.82. The maximum absolute atomic E-state index is 11.1. The van der Waals surface area contributed by atoms with E-state index in [1.165, 1.54) is 12.8 Å². The van der Waals surface area contributed by atoms with Crippen molar-refractivity contribution in [3.05, 3.63) is 0 Å². The molecule has 0 unspecified atom stereocenters. The van der Waals surface area contributed by atoms with E-state index in [4.69, 9.17) is 0 Å². The zero-order valence-corrected chi connectivity index (χ0v) is 8.84. The third-order valence-corrected chi connectivity index (χ3v) is 1.83. The summed E-state index contributed by atoms with van der Waals surface area (Å²) >= 11 is 0. The van der Waals surface area contributed by atoms with E-state index in [1.807, 2.05) is 0 Å². The van der Waals surface area contributed by atoms with E-state index in [0.717, 1.165) is 19.3 Å². The molecule has 82 valence electrons. The van der Waals surface area contributed by atoms with Crippen molar-refractivity contribution in [2.75, 3.05) is 26.2 Å². The third kappa shape index (κ3) is 9.35. The Hall–Kier alpha value is -0.740. The van der Waals surface area contributed by atoms with Gasteiger partial charge in [0.1, 0.15) is 6.29 Å². The minimum absolute atomic E-state index is 0.100. The number of hydrogen-bond acceptors (Lipinski definition) is 4. The topological polar surface area (TPSA) is 58.2 Å². The van der Waals surface area contributed by atoms with Crippen LogP contribution in [0.1, 0.15) is 26.2 Å². The molecule has 14 heavy (non-hydrogen) atoms. The summed E-state index contributed by atoms with van der Waals surface area (Å²) < 4.78 is 0. The molecule has 0 aromatic rings. The summed E-state index contributed by atoms with van der Waals surface area (Å²) in [6, 6.07) is 0. The average molecular weight is 200 g/mol. The summed E-state index contributed by atoms with van der Waals surface area (Å²) in [5, 5.41) is 5.80. The molecule has 4 heteroatoms. The van der Waals surface area contributed by atoms with Gasteiger partial charge in [0.2, 0.25) is 0 Å². The molecule has 0 aliphatic carbocycles. The summed E-state index contributed by atoms with van der Waals surface area (Å²) in [4.78, 5) is 21.0. The van der Waals surface area contributed by atoms with E-state index < -0.39 is 0 Å². The highest BCUT2D eigenvalue weighted by Crippen LogP contribution is 1.90. The van der Waals surface area contributed by atoms with Crippen LogP contribution in [0.15, 0.2) is 0 Å². The Kier molecular flexibility index (Phi) is 9.79. The lowest BCUT2D eigenvalue weighted by molar-refractivity contribution is -0.117. The summed E-state index contributed by atoms with van der Waals surface area (Å²) in [7, 11) is 0. The molecule has 0 radical (unpaired) electrons. The van der Waals surface area contributed by atoms with Crippen molar-refractivity contribution in [2.45, 2.75) is 26.2 Å². The summed E-state index contributed by atoms with van der Waals surface area (Å²) in [6.45, 7) is 3.97. The Bertz CT molecular complexity index is 160. The van der Waals surface area contributed by atoms with E-state index in [2.05, 4.69) is 17.6 Å². The maximum atomic E-state index is 11.1. The van der Waals surface area contributed by atoms with Crippen molar-refractivity contribution in [2.24, 2.45) is 0 Å². The molecule has 0 heterocycles. The number of carbonyl (C=O) groups excluding carboxylic acids is 2. The predicted octanol–water partition coefficient (Wildman–Crippen LogP) is 0.124. The van der Waals surface area contributed by atoms with Crippen LogP contribution in [-0.2, 0) is 9.59 Å². The molecule has 0 aliphatic rings. The minimum atomic E-state index is 0.100. The Morgan fingerprint density at radius 1 is 1.21 bits per heavy atom. The fourth-order valence-electron chi connectivity index (χ4n) is 1.06. The van der Waals surface area contributed by atoms with Gasteiger partial charge in [-0.2, -0.15) is 0 Å². The molecule has 0 bridgehead atoms. The van der Waals surface area contributed by atoms with Crippen LogP contribution in [0.25, 0.3) is 0 Å². The summed E-state index contributed by atoms with van der Waals surface area (Å²) in [5.74, 6) is 0.100. The largest absolute Gasteiger partial charge is 0.310 e. The van der Waals surface area contributed by atoms with Crippen LogP contribution in [0.3, 0.4) is 0 Å². The quantitative estimate of drug-likeness (QED) is 0.388. The van der Waals surface area contributed by atoms with Gasteiger partial charge in [-0.3, -0.25) is 4.79 Å². The van der Waals surface area contributed by atoms with Crippen LogP contribution in [0.5, 0.6) is 0 Å². The van der Waals surface area contributed by atoms with Crippen molar-refractivity contribution >= 4 is 12.1 Å². The lowest BCUT2D eigenvalue weighted by Gasteiger charge is -2.03. The maximum Gasteiger partial charge on any atom is 0.160 e. The predicted molar refractivity (Wildman–Crippen MR) is 56.3 cm³/mol. The van der Waals surface area contributed by atoms with E-state index in [9.17, 15) is 9.59 Å². The summed E-state index contributed by atoms with van der Waals surface area (Å²) in [5.41, 5.74) is 0. The SMILES string of the molecule is CCCCCNCC(=O)CNCC=O. The first kappa shape index (κ1) is 13.3. The van der Waals surface area contributed by atoms with E-state index in [1.54, 1.807) is 0 Å². The van der Waals surface area contributed by atoms with Crippen molar-refractivity contribution in [3.8, 4) is 0 Å². The van der Waals surface area contributed by atoms with Gasteiger partial charge in [-0.25, -0.2) is 0 Å². The first-order valence-electron chi connectivity index (χ1n) is 5.18. The number of nitrogens with one attached hydrogen (secondary N) is 2. The van der Waals surface area contributed by atoms with Gasteiger partial charge in [0.05, 0.1) is 19.6 Å². The number of ketones is 1. The molecule has 0 rings (SSSR count). The highest BCUT2D eigenvalue weighted by atomic mass is 16.1. The van der Waals surface area contributed by atoms with Crippen LogP contribution in [0.4, 0.5) is 0 Å². The summed E-state index contributed by atoms with van der Waals surface area (Å²) in [6.07, 6.45) is 4.26.